The van der Waals surface area contributed by atoms with Crippen LogP contribution in [-0.4, -0.2) is 29.3 Å². The van der Waals surface area contributed by atoms with Crippen LogP contribution in [0.4, 0.5) is 5.69 Å². The molecule has 0 saturated carbocycles. The number of hydrogen-bond acceptors (Lipinski definition) is 3. The Kier molecular flexibility index (Phi) is 7.04. The minimum atomic E-state index is -0.496. The number of benzene rings is 2. The Balaban J connectivity index is 1.81. The summed E-state index contributed by atoms with van der Waals surface area (Å²) in [6.45, 7) is 8.14. The van der Waals surface area contributed by atoms with E-state index < -0.39 is 6.04 Å². The average Bonchev–Trinajstić information content (AvgIpc) is 2.75. The maximum atomic E-state index is 13.2. The Morgan fingerprint density at radius 3 is 2.59 bits per heavy atom. The fourth-order valence-corrected chi connectivity index (χ4v) is 3.70. The van der Waals surface area contributed by atoms with Gasteiger partial charge in [0.1, 0.15) is 6.04 Å². The summed E-state index contributed by atoms with van der Waals surface area (Å²) in [7, 11) is 0. The molecule has 0 aliphatic carbocycles. The molecule has 0 radical (unpaired) electrons. The van der Waals surface area contributed by atoms with E-state index >= 15 is 0 Å². The molecule has 2 atom stereocenters. The van der Waals surface area contributed by atoms with Crippen molar-refractivity contribution in [2.24, 2.45) is 5.92 Å². The number of anilines is 1. The summed E-state index contributed by atoms with van der Waals surface area (Å²) in [5.41, 5.74) is 4.15. The first-order valence-corrected chi connectivity index (χ1v) is 10.5. The number of nitrogens with one attached hydrogen (secondary N) is 2. The molecule has 5 heteroatoms. The molecule has 0 aromatic heterocycles. The number of carbonyl (C=O) groups is 2. The standard InChI is InChI=1S/C24H31N3O2/c1-4-17(3)24(29)27-16-20-11-7-6-10-19(20)14-22(27)23(28)26-21-12-8-9-18(13-21)15-25-5-2/h6-13,17,22,25H,4-5,14-16H2,1-3H3,(H,26,28). The molecule has 0 spiro atoms. The Hall–Kier alpha value is -2.66. The van der Waals surface area contributed by atoms with Gasteiger partial charge in [0.25, 0.3) is 0 Å². The zero-order chi connectivity index (χ0) is 20.8. The minimum absolute atomic E-state index is 0.0445. The molecule has 5 nitrogen and oxygen atoms in total. The summed E-state index contributed by atoms with van der Waals surface area (Å²) in [5, 5.41) is 6.34. The van der Waals surface area contributed by atoms with Gasteiger partial charge in [0, 0.05) is 31.1 Å². The average molecular weight is 394 g/mol. The lowest BCUT2D eigenvalue weighted by Gasteiger charge is -2.37. The van der Waals surface area contributed by atoms with E-state index in [9.17, 15) is 9.59 Å². The second-order valence-electron chi connectivity index (χ2n) is 7.73. The molecule has 2 N–H and O–H groups in total. The van der Waals surface area contributed by atoms with Crippen molar-refractivity contribution in [3.05, 3.63) is 65.2 Å². The topological polar surface area (TPSA) is 61.4 Å². The van der Waals surface area contributed by atoms with Gasteiger partial charge in [-0.05, 0) is 41.8 Å². The maximum Gasteiger partial charge on any atom is 0.247 e. The van der Waals surface area contributed by atoms with E-state index in [4.69, 9.17) is 0 Å². The van der Waals surface area contributed by atoms with Crippen LogP contribution >= 0.6 is 0 Å². The first kappa shape index (κ1) is 21.1. The molecule has 1 aliphatic heterocycles. The van der Waals surface area contributed by atoms with E-state index in [1.807, 2.05) is 56.3 Å². The molecule has 154 valence electrons. The summed E-state index contributed by atoms with van der Waals surface area (Å²) in [5.74, 6) is -0.182. The van der Waals surface area contributed by atoms with Gasteiger partial charge in [0.05, 0.1) is 0 Å². The molecule has 2 aromatic carbocycles. The van der Waals surface area contributed by atoms with Crippen molar-refractivity contribution in [3.8, 4) is 0 Å². The van der Waals surface area contributed by atoms with Crippen molar-refractivity contribution in [3.63, 3.8) is 0 Å². The Labute approximate surface area is 173 Å². The molecule has 0 fully saturated rings. The van der Waals surface area contributed by atoms with Crippen LogP contribution in [0.5, 0.6) is 0 Å². The molecule has 2 amide bonds. The van der Waals surface area contributed by atoms with Gasteiger partial charge in [-0.1, -0.05) is 57.2 Å². The lowest BCUT2D eigenvalue weighted by atomic mass is 9.92. The number of nitrogens with zero attached hydrogens (tertiary/aromatic N) is 1. The van der Waals surface area contributed by atoms with Gasteiger partial charge >= 0.3 is 0 Å². The van der Waals surface area contributed by atoms with Crippen molar-refractivity contribution in [2.45, 2.75) is 52.7 Å². The second kappa shape index (κ2) is 9.70. The van der Waals surface area contributed by atoms with Gasteiger partial charge in [0.15, 0.2) is 0 Å². The van der Waals surface area contributed by atoms with Crippen LogP contribution in [0.2, 0.25) is 0 Å². The van der Waals surface area contributed by atoms with Crippen LogP contribution in [0.25, 0.3) is 0 Å². The molecule has 3 rings (SSSR count). The largest absolute Gasteiger partial charge is 0.326 e. The zero-order valence-corrected chi connectivity index (χ0v) is 17.6. The highest BCUT2D eigenvalue weighted by molar-refractivity contribution is 5.98. The number of hydrogen-bond donors (Lipinski definition) is 2. The third kappa shape index (κ3) is 5.04. The monoisotopic (exact) mass is 393 g/mol. The van der Waals surface area contributed by atoms with Gasteiger partial charge in [-0.3, -0.25) is 9.59 Å². The summed E-state index contributed by atoms with van der Waals surface area (Å²) in [6.07, 6.45) is 1.30. The smallest absolute Gasteiger partial charge is 0.247 e. The van der Waals surface area contributed by atoms with E-state index in [0.717, 1.165) is 41.9 Å². The third-order valence-corrected chi connectivity index (χ3v) is 5.64. The van der Waals surface area contributed by atoms with E-state index in [2.05, 4.69) is 23.6 Å². The van der Waals surface area contributed by atoms with Gasteiger partial charge in [0.2, 0.25) is 11.8 Å². The Bertz CT molecular complexity index is 865. The van der Waals surface area contributed by atoms with Gasteiger partial charge in [-0.25, -0.2) is 0 Å². The predicted octanol–water partition coefficient (Wildman–Crippen LogP) is 3.73. The van der Waals surface area contributed by atoms with Crippen LogP contribution < -0.4 is 10.6 Å². The van der Waals surface area contributed by atoms with Crippen molar-refractivity contribution in [1.82, 2.24) is 10.2 Å². The molecule has 1 aliphatic rings. The van der Waals surface area contributed by atoms with Crippen molar-refractivity contribution >= 4 is 17.5 Å². The molecule has 29 heavy (non-hydrogen) atoms. The van der Waals surface area contributed by atoms with Gasteiger partial charge in [-0.2, -0.15) is 0 Å². The lowest BCUT2D eigenvalue weighted by Crippen LogP contribution is -2.52. The van der Waals surface area contributed by atoms with Crippen molar-refractivity contribution in [2.75, 3.05) is 11.9 Å². The van der Waals surface area contributed by atoms with E-state index in [1.165, 1.54) is 0 Å². The highest BCUT2D eigenvalue weighted by Gasteiger charge is 2.35. The molecule has 0 saturated heterocycles. The fraction of sp³-hybridized carbons (Fsp3) is 0.417. The molecular formula is C24H31N3O2. The highest BCUT2D eigenvalue weighted by atomic mass is 16.2. The predicted molar refractivity (Wildman–Crippen MR) is 116 cm³/mol. The Morgan fingerprint density at radius 2 is 1.86 bits per heavy atom. The molecular weight excluding hydrogens is 362 g/mol. The first-order chi connectivity index (χ1) is 14.0. The number of amides is 2. The molecule has 0 bridgehead atoms. The van der Waals surface area contributed by atoms with Crippen LogP contribution in [0.3, 0.4) is 0 Å². The van der Waals surface area contributed by atoms with Gasteiger partial charge in [-0.15, -0.1) is 0 Å². The van der Waals surface area contributed by atoms with Crippen molar-refractivity contribution in [1.29, 1.82) is 0 Å². The summed E-state index contributed by atoms with van der Waals surface area (Å²) in [6, 6.07) is 15.4. The summed E-state index contributed by atoms with van der Waals surface area (Å²) >= 11 is 0. The maximum absolute atomic E-state index is 13.2. The fourth-order valence-electron chi connectivity index (χ4n) is 3.70. The summed E-state index contributed by atoms with van der Waals surface area (Å²) in [4.78, 5) is 28.0. The molecule has 1 heterocycles. The van der Waals surface area contributed by atoms with Crippen LogP contribution in [0.15, 0.2) is 48.5 Å². The molecule has 2 aromatic rings. The second-order valence-corrected chi connectivity index (χ2v) is 7.73. The third-order valence-electron chi connectivity index (χ3n) is 5.64. The minimum Gasteiger partial charge on any atom is -0.326 e. The number of carbonyl (C=O) groups excluding carboxylic acids is 2. The number of rotatable bonds is 7. The quantitative estimate of drug-likeness (QED) is 0.753. The van der Waals surface area contributed by atoms with E-state index in [-0.39, 0.29) is 17.7 Å². The first-order valence-electron chi connectivity index (χ1n) is 10.5. The van der Waals surface area contributed by atoms with Gasteiger partial charge < -0.3 is 15.5 Å². The lowest BCUT2D eigenvalue weighted by molar-refractivity contribution is -0.143. The Morgan fingerprint density at radius 1 is 1.10 bits per heavy atom. The highest BCUT2D eigenvalue weighted by Crippen LogP contribution is 2.26. The van der Waals surface area contributed by atoms with E-state index in [0.29, 0.717) is 13.0 Å². The SMILES string of the molecule is CCNCc1cccc(NC(=O)C2Cc3ccccc3CN2C(=O)C(C)CC)c1. The van der Waals surface area contributed by atoms with Crippen LogP contribution in [0.1, 0.15) is 43.9 Å². The van der Waals surface area contributed by atoms with Crippen LogP contribution in [0, 0.1) is 5.92 Å². The van der Waals surface area contributed by atoms with Crippen molar-refractivity contribution < 1.29 is 9.59 Å². The molecule has 2 unspecified atom stereocenters. The normalized spacial score (nSPS) is 16.8. The van der Waals surface area contributed by atoms with Crippen LogP contribution in [-0.2, 0) is 29.1 Å². The van der Waals surface area contributed by atoms with E-state index in [1.54, 1.807) is 4.90 Å². The summed E-state index contributed by atoms with van der Waals surface area (Å²) < 4.78 is 0. The zero-order valence-electron chi connectivity index (χ0n) is 17.6. The number of fused-ring (bicyclic) bond motifs is 1.